The van der Waals surface area contributed by atoms with Crippen LogP contribution in [0.2, 0.25) is 0 Å². The van der Waals surface area contributed by atoms with Gasteiger partial charge in [-0.25, -0.2) is 0 Å². The molecule has 0 aliphatic heterocycles. The minimum absolute atomic E-state index is 0.120. The van der Waals surface area contributed by atoms with E-state index < -0.39 is 6.04 Å². The van der Waals surface area contributed by atoms with Crippen LogP contribution in [0.15, 0.2) is 0 Å². The maximum Gasteiger partial charge on any atom is 0.242 e. The average Bonchev–Trinajstić information content (AvgIpc) is 2.11. The maximum atomic E-state index is 11.6. The third-order valence-electron chi connectivity index (χ3n) is 2.39. The number of nitrogens with one attached hydrogen (secondary N) is 2. The SMILES string of the molecule is CC[C@@H](NC(=O)[C@H](C)NC(C)=O)C(C)C. The Morgan fingerprint density at radius 3 is 2.00 bits per heavy atom. The first-order chi connectivity index (χ1) is 6.88. The number of hydrogen-bond donors (Lipinski definition) is 2. The largest absolute Gasteiger partial charge is 0.351 e. The summed E-state index contributed by atoms with van der Waals surface area (Å²) in [5, 5.41) is 5.48. The molecule has 88 valence electrons. The molecule has 2 amide bonds. The van der Waals surface area contributed by atoms with Gasteiger partial charge in [0.05, 0.1) is 0 Å². The van der Waals surface area contributed by atoms with Crippen LogP contribution in [-0.4, -0.2) is 23.9 Å². The fraction of sp³-hybridized carbons (Fsp3) is 0.818. The van der Waals surface area contributed by atoms with Crippen LogP contribution in [0.4, 0.5) is 0 Å². The van der Waals surface area contributed by atoms with Crippen molar-refractivity contribution >= 4 is 11.8 Å². The molecule has 0 aliphatic carbocycles. The minimum atomic E-state index is -0.463. The summed E-state index contributed by atoms with van der Waals surface area (Å²) in [6.07, 6.45) is 0.899. The van der Waals surface area contributed by atoms with E-state index in [-0.39, 0.29) is 17.9 Å². The zero-order valence-electron chi connectivity index (χ0n) is 10.3. The summed E-state index contributed by atoms with van der Waals surface area (Å²) in [6.45, 7) is 9.26. The Hall–Kier alpha value is -1.06. The Morgan fingerprint density at radius 1 is 1.13 bits per heavy atom. The second-order valence-corrected chi connectivity index (χ2v) is 4.19. The van der Waals surface area contributed by atoms with Crippen molar-refractivity contribution in [2.24, 2.45) is 5.92 Å². The normalized spacial score (nSPS) is 14.5. The minimum Gasteiger partial charge on any atom is -0.351 e. The number of hydrogen-bond acceptors (Lipinski definition) is 2. The zero-order valence-corrected chi connectivity index (χ0v) is 10.3. The van der Waals surface area contributed by atoms with Crippen LogP contribution in [0, 0.1) is 5.92 Å². The van der Waals surface area contributed by atoms with Crippen molar-refractivity contribution in [1.29, 1.82) is 0 Å². The van der Waals surface area contributed by atoms with Crippen molar-refractivity contribution in [3.05, 3.63) is 0 Å². The zero-order chi connectivity index (χ0) is 12.0. The van der Waals surface area contributed by atoms with Crippen LogP contribution in [-0.2, 0) is 9.59 Å². The molecule has 0 aliphatic rings. The van der Waals surface area contributed by atoms with Crippen LogP contribution < -0.4 is 10.6 Å². The molecule has 0 saturated carbocycles. The summed E-state index contributed by atoms with van der Waals surface area (Å²) in [4.78, 5) is 22.4. The lowest BCUT2D eigenvalue weighted by Gasteiger charge is -2.23. The number of carbonyl (C=O) groups excluding carboxylic acids is 2. The van der Waals surface area contributed by atoms with Crippen molar-refractivity contribution in [3.8, 4) is 0 Å². The lowest BCUT2D eigenvalue weighted by atomic mass is 10.0. The van der Waals surface area contributed by atoms with Gasteiger partial charge in [0, 0.05) is 13.0 Å². The third kappa shape index (κ3) is 5.40. The monoisotopic (exact) mass is 214 g/mol. The molecule has 15 heavy (non-hydrogen) atoms. The lowest BCUT2D eigenvalue weighted by Crippen LogP contribution is -2.48. The topological polar surface area (TPSA) is 58.2 Å². The molecule has 0 spiro atoms. The molecule has 4 nitrogen and oxygen atoms in total. The highest BCUT2D eigenvalue weighted by molar-refractivity contribution is 5.86. The molecule has 4 heteroatoms. The van der Waals surface area contributed by atoms with Gasteiger partial charge >= 0.3 is 0 Å². The van der Waals surface area contributed by atoms with E-state index >= 15 is 0 Å². The Balaban J connectivity index is 4.15. The molecular formula is C11H22N2O2. The van der Waals surface area contributed by atoms with E-state index in [0.29, 0.717) is 5.92 Å². The second kappa shape index (κ2) is 6.43. The van der Waals surface area contributed by atoms with E-state index in [9.17, 15) is 9.59 Å². The summed E-state index contributed by atoms with van der Waals surface area (Å²) in [7, 11) is 0. The molecule has 0 radical (unpaired) electrons. The Bertz CT molecular complexity index is 227. The molecule has 2 N–H and O–H groups in total. The summed E-state index contributed by atoms with van der Waals surface area (Å²) in [5.74, 6) is 0.101. The van der Waals surface area contributed by atoms with Gasteiger partial charge in [-0.2, -0.15) is 0 Å². The van der Waals surface area contributed by atoms with E-state index in [1.165, 1.54) is 6.92 Å². The first-order valence-corrected chi connectivity index (χ1v) is 5.46. The van der Waals surface area contributed by atoms with Gasteiger partial charge in [0.25, 0.3) is 0 Å². The standard InChI is InChI=1S/C11H22N2O2/c1-6-10(7(2)3)13-11(15)8(4)12-9(5)14/h7-8,10H,6H2,1-5H3,(H,12,14)(H,13,15)/t8-,10+/m0/s1. The van der Waals surface area contributed by atoms with Crippen molar-refractivity contribution in [3.63, 3.8) is 0 Å². The molecular weight excluding hydrogens is 192 g/mol. The third-order valence-corrected chi connectivity index (χ3v) is 2.39. The van der Waals surface area contributed by atoms with Crippen LogP contribution >= 0.6 is 0 Å². The first-order valence-electron chi connectivity index (χ1n) is 5.46. The second-order valence-electron chi connectivity index (χ2n) is 4.19. The Kier molecular flexibility index (Phi) is 5.97. The van der Waals surface area contributed by atoms with Crippen LogP contribution in [0.25, 0.3) is 0 Å². The highest BCUT2D eigenvalue weighted by Crippen LogP contribution is 2.05. The molecule has 0 aromatic heterocycles. The average molecular weight is 214 g/mol. The predicted molar refractivity (Wildman–Crippen MR) is 60.3 cm³/mol. The van der Waals surface area contributed by atoms with E-state index in [1.807, 2.05) is 6.92 Å². The van der Waals surface area contributed by atoms with Gasteiger partial charge in [-0.05, 0) is 19.3 Å². The molecule has 0 rings (SSSR count). The molecule has 0 aromatic rings. The van der Waals surface area contributed by atoms with E-state index in [2.05, 4.69) is 24.5 Å². The van der Waals surface area contributed by atoms with E-state index in [1.54, 1.807) is 6.92 Å². The molecule has 0 fully saturated rings. The van der Waals surface area contributed by atoms with Gasteiger partial charge in [-0.15, -0.1) is 0 Å². The van der Waals surface area contributed by atoms with Crippen LogP contribution in [0.5, 0.6) is 0 Å². The van der Waals surface area contributed by atoms with Crippen molar-refractivity contribution in [2.45, 2.75) is 53.1 Å². The van der Waals surface area contributed by atoms with Gasteiger partial charge in [0.15, 0.2) is 0 Å². The summed E-state index contributed by atoms with van der Waals surface area (Å²) in [5.41, 5.74) is 0. The van der Waals surface area contributed by atoms with Gasteiger partial charge in [-0.3, -0.25) is 9.59 Å². The number of amides is 2. The molecule has 0 heterocycles. The van der Waals surface area contributed by atoms with Crippen molar-refractivity contribution < 1.29 is 9.59 Å². The van der Waals surface area contributed by atoms with E-state index in [0.717, 1.165) is 6.42 Å². The van der Waals surface area contributed by atoms with Gasteiger partial charge in [-0.1, -0.05) is 20.8 Å². The van der Waals surface area contributed by atoms with Crippen molar-refractivity contribution in [1.82, 2.24) is 10.6 Å². The Labute approximate surface area is 91.8 Å². The quantitative estimate of drug-likeness (QED) is 0.719. The lowest BCUT2D eigenvalue weighted by molar-refractivity contribution is -0.128. The number of carbonyl (C=O) groups is 2. The van der Waals surface area contributed by atoms with Crippen molar-refractivity contribution in [2.75, 3.05) is 0 Å². The highest BCUT2D eigenvalue weighted by Gasteiger charge is 2.18. The summed E-state index contributed by atoms with van der Waals surface area (Å²) >= 11 is 0. The smallest absolute Gasteiger partial charge is 0.242 e. The predicted octanol–water partition coefficient (Wildman–Crippen LogP) is 1.06. The fourth-order valence-electron chi connectivity index (χ4n) is 1.42. The summed E-state index contributed by atoms with van der Waals surface area (Å²) < 4.78 is 0. The van der Waals surface area contributed by atoms with Gasteiger partial charge in [0.1, 0.15) is 6.04 Å². The molecule has 0 bridgehead atoms. The first kappa shape index (κ1) is 13.9. The maximum absolute atomic E-state index is 11.6. The fourth-order valence-corrected chi connectivity index (χ4v) is 1.42. The molecule has 0 unspecified atom stereocenters. The number of rotatable bonds is 5. The van der Waals surface area contributed by atoms with Crippen LogP contribution in [0.3, 0.4) is 0 Å². The van der Waals surface area contributed by atoms with Crippen LogP contribution in [0.1, 0.15) is 41.0 Å². The van der Waals surface area contributed by atoms with E-state index in [4.69, 9.17) is 0 Å². The van der Waals surface area contributed by atoms with Gasteiger partial charge in [0.2, 0.25) is 11.8 Å². The van der Waals surface area contributed by atoms with Gasteiger partial charge < -0.3 is 10.6 Å². The molecule has 0 aromatic carbocycles. The molecule has 2 atom stereocenters. The summed E-state index contributed by atoms with van der Waals surface area (Å²) in [6, 6.07) is -0.288. The molecule has 0 saturated heterocycles. The Morgan fingerprint density at radius 2 is 1.67 bits per heavy atom. The highest BCUT2D eigenvalue weighted by atomic mass is 16.2.